The van der Waals surface area contributed by atoms with Gasteiger partial charge in [0.15, 0.2) is 5.11 Å². The minimum Gasteiger partial charge on any atom is -0.332 e. The lowest BCUT2D eigenvalue weighted by Gasteiger charge is -2.13. The van der Waals surface area contributed by atoms with Crippen LogP contribution in [0.15, 0.2) is 42.5 Å². The first-order chi connectivity index (χ1) is 10.3. The lowest BCUT2D eigenvalue weighted by Crippen LogP contribution is -2.20. The molecule has 0 unspecified atom stereocenters. The molecule has 0 saturated carbocycles. The van der Waals surface area contributed by atoms with Gasteiger partial charge in [-0.2, -0.15) is 13.2 Å². The van der Waals surface area contributed by atoms with Crippen LogP contribution in [-0.4, -0.2) is 5.11 Å². The molecular formula is C14H9F5N2S. The fourth-order valence-electron chi connectivity index (χ4n) is 1.65. The molecule has 0 heterocycles. The van der Waals surface area contributed by atoms with Crippen LogP contribution in [0.5, 0.6) is 0 Å². The SMILES string of the molecule is Fc1cccc(NC(=S)Nc2cc(C(F)(F)F)ccc2F)c1. The molecule has 0 aliphatic carbocycles. The van der Waals surface area contributed by atoms with E-state index < -0.39 is 29.1 Å². The Bertz CT molecular complexity index is 700. The first-order valence-electron chi connectivity index (χ1n) is 5.96. The second kappa shape index (κ2) is 6.27. The monoisotopic (exact) mass is 332 g/mol. The number of alkyl halides is 3. The molecule has 0 aliphatic rings. The second-order valence-corrected chi connectivity index (χ2v) is 4.69. The molecule has 2 nitrogen and oxygen atoms in total. The highest BCUT2D eigenvalue weighted by Crippen LogP contribution is 2.31. The molecule has 22 heavy (non-hydrogen) atoms. The smallest absolute Gasteiger partial charge is 0.332 e. The molecule has 0 aliphatic heterocycles. The maximum absolute atomic E-state index is 13.5. The summed E-state index contributed by atoms with van der Waals surface area (Å²) in [6.45, 7) is 0. The third-order valence-corrected chi connectivity index (χ3v) is 2.83. The maximum Gasteiger partial charge on any atom is 0.416 e. The van der Waals surface area contributed by atoms with Crippen molar-refractivity contribution in [2.75, 3.05) is 10.6 Å². The minimum atomic E-state index is -4.60. The van der Waals surface area contributed by atoms with Gasteiger partial charge in [-0.15, -0.1) is 0 Å². The fourth-order valence-corrected chi connectivity index (χ4v) is 1.88. The summed E-state index contributed by atoms with van der Waals surface area (Å²) >= 11 is 4.87. The van der Waals surface area contributed by atoms with E-state index in [0.29, 0.717) is 18.2 Å². The molecule has 8 heteroatoms. The first-order valence-corrected chi connectivity index (χ1v) is 6.37. The number of nitrogens with one attached hydrogen (secondary N) is 2. The Morgan fingerprint density at radius 2 is 1.68 bits per heavy atom. The van der Waals surface area contributed by atoms with Crippen molar-refractivity contribution in [2.45, 2.75) is 6.18 Å². The van der Waals surface area contributed by atoms with E-state index in [2.05, 4.69) is 10.6 Å². The Balaban J connectivity index is 2.14. The predicted molar refractivity (Wildman–Crippen MR) is 77.6 cm³/mol. The number of hydrogen-bond donors (Lipinski definition) is 2. The van der Waals surface area contributed by atoms with Gasteiger partial charge in [0.25, 0.3) is 0 Å². The molecule has 116 valence electrons. The summed E-state index contributed by atoms with van der Waals surface area (Å²) in [5, 5.41) is 4.70. The molecule has 2 rings (SSSR count). The van der Waals surface area contributed by atoms with Gasteiger partial charge in [0.2, 0.25) is 0 Å². The van der Waals surface area contributed by atoms with Crippen molar-refractivity contribution in [3.05, 3.63) is 59.7 Å². The van der Waals surface area contributed by atoms with Crippen molar-refractivity contribution in [3.63, 3.8) is 0 Å². The fraction of sp³-hybridized carbons (Fsp3) is 0.0714. The van der Waals surface area contributed by atoms with Crippen LogP contribution in [0.3, 0.4) is 0 Å². The van der Waals surface area contributed by atoms with Gasteiger partial charge in [0.05, 0.1) is 11.3 Å². The number of thiocarbonyl (C=S) groups is 1. The van der Waals surface area contributed by atoms with Gasteiger partial charge in [0, 0.05) is 5.69 Å². The Kier molecular flexibility index (Phi) is 4.60. The van der Waals surface area contributed by atoms with Crippen LogP contribution in [0.25, 0.3) is 0 Å². The summed E-state index contributed by atoms with van der Waals surface area (Å²) in [4.78, 5) is 0. The largest absolute Gasteiger partial charge is 0.416 e. The van der Waals surface area contributed by atoms with E-state index in [1.54, 1.807) is 0 Å². The quantitative estimate of drug-likeness (QED) is 0.611. The van der Waals surface area contributed by atoms with E-state index in [4.69, 9.17) is 12.2 Å². The molecule has 0 amide bonds. The summed E-state index contributed by atoms with van der Waals surface area (Å²) in [7, 11) is 0. The molecule has 0 spiro atoms. The van der Waals surface area contributed by atoms with Gasteiger partial charge in [0.1, 0.15) is 11.6 Å². The van der Waals surface area contributed by atoms with Crippen molar-refractivity contribution in [1.82, 2.24) is 0 Å². The molecule has 2 aromatic rings. The maximum atomic E-state index is 13.5. The molecule has 2 N–H and O–H groups in total. The van der Waals surface area contributed by atoms with Crippen molar-refractivity contribution in [2.24, 2.45) is 0 Å². The normalized spacial score (nSPS) is 11.1. The molecule has 0 saturated heterocycles. The van der Waals surface area contributed by atoms with E-state index in [9.17, 15) is 22.0 Å². The highest BCUT2D eigenvalue weighted by atomic mass is 32.1. The van der Waals surface area contributed by atoms with Crippen LogP contribution in [0.4, 0.5) is 33.3 Å². The van der Waals surface area contributed by atoms with Crippen molar-refractivity contribution < 1.29 is 22.0 Å². The third kappa shape index (κ3) is 4.14. The molecule has 0 aromatic heterocycles. The number of rotatable bonds is 2. The molecular weight excluding hydrogens is 323 g/mol. The highest BCUT2D eigenvalue weighted by molar-refractivity contribution is 7.80. The predicted octanol–water partition coefficient (Wildman–Crippen LogP) is 4.79. The first kappa shape index (κ1) is 16.2. The van der Waals surface area contributed by atoms with Crippen LogP contribution in [0, 0.1) is 11.6 Å². The molecule has 0 radical (unpaired) electrons. The molecule has 0 atom stereocenters. The summed E-state index contributed by atoms with van der Waals surface area (Å²) in [5.41, 5.74) is -1.15. The van der Waals surface area contributed by atoms with Crippen LogP contribution in [0.1, 0.15) is 5.56 Å². The summed E-state index contributed by atoms with van der Waals surface area (Å²) < 4.78 is 64.3. The Morgan fingerprint density at radius 1 is 0.955 bits per heavy atom. The zero-order valence-electron chi connectivity index (χ0n) is 10.8. The zero-order valence-corrected chi connectivity index (χ0v) is 11.7. The lowest BCUT2D eigenvalue weighted by molar-refractivity contribution is -0.137. The van der Waals surface area contributed by atoms with Gasteiger partial charge in [-0.25, -0.2) is 8.78 Å². The Hall–Kier alpha value is -2.22. The van der Waals surface area contributed by atoms with Crippen molar-refractivity contribution >= 4 is 28.7 Å². The van der Waals surface area contributed by atoms with E-state index in [0.717, 1.165) is 6.07 Å². The lowest BCUT2D eigenvalue weighted by atomic mass is 10.2. The Labute approximate surface area is 128 Å². The number of benzene rings is 2. The van der Waals surface area contributed by atoms with E-state index in [1.165, 1.54) is 18.2 Å². The zero-order chi connectivity index (χ0) is 16.3. The average molecular weight is 332 g/mol. The van der Waals surface area contributed by atoms with Crippen LogP contribution in [0.2, 0.25) is 0 Å². The average Bonchev–Trinajstić information content (AvgIpc) is 2.40. The van der Waals surface area contributed by atoms with Gasteiger partial charge in [-0.1, -0.05) is 6.07 Å². The topological polar surface area (TPSA) is 24.1 Å². The number of anilines is 2. The van der Waals surface area contributed by atoms with E-state index in [1.807, 2.05) is 0 Å². The van der Waals surface area contributed by atoms with Gasteiger partial charge >= 0.3 is 6.18 Å². The van der Waals surface area contributed by atoms with Crippen molar-refractivity contribution in [1.29, 1.82) is 0 Å². The highest BCUT2D eigenvalue weighted by Gasteiger charge is 2.31. The molecule has 0 fully saturated rings. The summed E-state index contributed by atoms with van der Waals surface area (Å²) in [6, 6.07) is 7.20. The van der Waals surface area contributed by atoms with Gasteiger partial charge in [-0.3, -0.25) is 0 Å². The van der Waals surface area contributed by atoms with E-state index in [-0.39, 0.29) is 10.8 Å². The standard InChI is InChI=1S/C14H9F5N2S/c15-9-2-1-3-10(7-9)20-13(22)21-12-6-8(14(17,18)19)4-5-11(12)16/h1-7H,(H2,20,21,22). The van der Waals surface area contributed by atoms with E-state index >= 15 is 0 Å². The van der Waals surface area contributed by atoms with Gasteiger partial charge in [-0.05, 0) is 48.6 Å². The Morgan fingerprint density at radius 3 is 2.32 bits per heavy atom. The minimum absolute atomic E-state index is 0.163. The molecule has 0 bridgehead atoms. The third-order valence-electron chi connectivity index (χ3n) is 2.62. The van der Waals surface area contributed by atoms with Gasteiger partial charge < -0.3 is 10.6 Å². The van der Waals surface area contributed by atoms with Crippen LogP contribution < -0.4 is 10.6 Å². The molecule has 2 aromatic carbocycles. The number of hydrogen-bond acceptors (Lipinski definition) is 1. The summed E-state index contributed by atoms with van der Waals surface area (Å²) in [5.74, 6) is -1.41. The van der Waals surface area contributed by atoms with Crippen LogP contribution >= 0.6 is 12.2 Å². The second-order valence-electron chi connectivity index (χ2n) is 4.28. The summed E-state index contributed by atoms with van der Waals surface area (Å²) in [6.07, 6.45) is -4.60. The number of halogens is 5. The van der Waals surface area contributed by atoms with Crippen LogP contribution in [-0.2, 0) is 6.18 Å². The van der Waals surface area contributed by atoms with Crippen molar-refractivity contribution in [3.8, 4) is 0 Å².